The van der Waals surface area contributed by atoms with Crippen molar-refractivity contribution >= 4 is 33.4 Å². The number of hydrogen-bond acceptors (Lipinski definition) is 4. The van der Waals surface area contributed by atoms with Crippen molar-refractivity contribution in [2.75, 3.05) is 0 Å². The number of benzene rings is 3. The van der Waals surface area contributed by atoms with Crippen LogP contribution in [0.5, 0.6) is 5.75 Å². The number of rotatable bonds is 2. The number of carbonyl (C=O) groups is 1. The van der Waals surface area contributed by atoms with Gasteiger partial charge in [-0.05, 0) is 24.3 Å². The molecule has 0 spiro atoms. The topological polar surface area (TPSA) is 90.7 Å². The third-order valence-electron chi connectivity index (χ3n) is 4.68. The highest BCUT2D eigenvalue weighted by Gasteiger charge is 2.21. The summed E-state index contributed by atoms with van der Waals surface area (Å²) in [7, 11) is 0. The van der Waals surface area contributed by atoms with Crippen molar-refractivity contribution in [3.8, 4) is 17.1 Å². The van der Waals surface area contributed by atoms with E-state index in [0.717, 1.165) is 27.5 Å². The number of hydrogen-bond donors (Lipinski definition) is 2. The van der Waals surface area contributed by atoms with Crippen molar-refractivity contribution < 1.29 is 9.90 Å². The van der Waals surface area contributed by atoms with E-state index in [1.807, 2.05) is 48.5 Å². The standard InChI is InChI=1S/C22H14N4O2/c27-18-12-6-3-9-15(18)22(28)26-25-20-14-8-2-1-7-13(14)19-21(20)24-17-11-5-4-10-16(17)23-19/h1-12,24,27H. The van der Waals surface area contributed by atoms with E-state index in [1.54, 1.807) is 12.1 Å². The number of phenolic OH excluding ortho intramolecular Hbond substituents is 1. The fourth-order valence-corrected chi connectivity index (χ4v) is 3.35. The lowest BCUT2D eigenvalue weighted by Crippen LogP contribution is -1.94. The van der Waals surface area contributed by atoms with Gasteiger partial charge in [0.25, 0.3) is 5.91 Å². The van der Waals surface area contributed by atoms with Crippen LogP contribution in [0.15, 0.2) is 83.0 Å². The Bertz CT molecular complexity index is 1350. The van der Waals surface area contributed by atoms with Gasteiger partial charge in [0, 0.05) is 10.8 Å². The molecule has 5 rings (SSSR count). The number of aromatic hydroxyl groups is 1. The lowest BCUT2D eigenvalue weighted by atomic mass is 10.2. The van der Waals surface area contributed by atoms with Crippen molar-refractivity contribution in [1.29, 1.82) is 0 Å². The van der Waals surface area contributed by atoms with E-state index < -0.39 is 5.91 Å². The Balaban J connectivity index is 1.70. The molecule has 1 heterocycles. The highest BCUT2D eigenvalue weighted by Crippen LogP contribution is 2.43. The minimum Gasteiger partial charge on any atom is -0.507 e. The number of azo groups is 1. The number of para-hydroxylation sites is 3. The molecule has 2 aliphatic rings. The highest BCUT2D eigenvalue weighted by atomic mass is 16.3. The Morgan fingerprint density at radius 3 is 2.46 bits per heavy atom. The molecule has 0 saturated heterocycles. The van der Waals surface area contributed by atoms with Crippen molar-refractivity contribution in [2.24, 2.45) is 10.2 Å². The van der Waals surface area contributed by atoms with Crippen molar-refractivity contribution in [3.05, 3.63) is 78.4 Å². The van der Waals surface area contributed by atoms with Gasteiger partial charge in [-0.25, -0.2) is 4.98 Å². The van der Waals surface area contributed by atoms with Gasteiger partial charge in [-0.15, -0.1) is 10.2 Å². The quantitative estimate of drug-likeness (QED) is 0.407. The molecule has 1 aliphatic heterocycles. The molecule has 28 heavy (non-hydrogen) atoms. The number of aromatic nitrogens is 2. The van der Waals surface area contributed by atoms with Gasteiger partial charge in [0.1, 0.15) is 11.4 Å². The fourth-order valence-electron chi connectivity index (χ4n) is 3.35. The number of phenols is 1. The van der Waals surface area contributed by atoms with E-state index >= 15 is 0 Å². The Labute approximate surface area is 159 Å². The average Bonchev–Trinajstić information content (AvgIpc) is 3.03. The number of nitrogens with one attached hydrogen (secondary N) is 1. The van der Waals surface area contributed by atoms with E-state index in [4.69, 9.17) is 4.98 Å². The molecule has 134 valence electrons. The van der Waals surface area contributed by atoms with E-state index in [2.05, 4.69) is 15.2 Å². The Morgan fingerprint density at radius 1 is 0.893 bits per heavy atom. The minimum absolute atomic E-state index is 0.110. The number of amides is 1. The largest absolute Gasteiger partial charge is 0.507 e. The van der Waals surface area contributed by atoms with Crippen LogP contribution in [0.25, 0.3) is 33.2 Å². The monoisotopic (exact) mass is 366 g/mol. The van der Waals surface area contributed by atoms with Gasteiger partial charge >= 0.3 is 0 Å². The summed E-state index contributed by atoms with van der Waals surface area (Å²) < 4.78 is 0. The third-order valence-corrected chi connectivity index (χ3v) is 4.68. The maximum atomic E-state index is 12.4. The maximum Gasteiger partial charge on any atom is 0.299 e. The Morgan fingerprint density at radius 2 is 1.61 bits per heavy atom. The normalized spacial score (nSPS) is 11.7. The molecule has 6 heteroatoms. The summed E-state index contributed by atoms with van der Waals surface area (Å²) in [5, 5.41) is 19.7. The average molecular weight is 366 g/mol. The molecule has 0 fully saturated rings. The Hall–Kier alpha value is -4.06. The smallest absolute Gasteiger partial charge is 0.299 e. The molecular weight excluding hydrogens is 352 g/mol. The summed E-state index contributed by atoms with van der Waals surface area (Å²) in [4.78, 5) is 20.5. The van der Waals surface area contributed by atoms with Gasteiger partial charge in [-0.1, -0.05) is 48.5 Å². The van der Waals surface area contributed by atoms with Crippen LogP contribution in [0.4, 0.5) is 5.69 Å². The van der Waals surface area contributed by atoms with E-state index in [1.165, 1.54) is 12.1 Å². The van der Waals surface area contributed by atoms with Gasteiger partial charge in [0.15, 0.2) is 0 Å². The second-order valence-corrected chi connectivity index (χ2v) is 6.39. The van der Waals surface area contributed by atoms with Crippen molar-refractivity contribution in [1.82, 2.24) is 9.97 Å². The van der Waals surface area contributed by atoms with E-state index in [9.17, 15) is 9.90 Å². The van der Waals surface area contributed by atoms with Crippen LogP contribution in [0, 0.1) is 0 Å². The summed E-state index contributed by atoms with van der Waals surface area (Å²) >= 11 is 0. The van der Waals surface area contributed by atoms with Gasteiger partial charge in [-0.3, -0.25) is 4.79 Å². The second kappa shape index (κ2) is 6.28. The van der Waals surface area contributed by atoms with Gasteiger partial charge in [0.2, 0.25) is 0 Å². The molecule has 1 aliphatic carbocycles. The lowest BCUT2D eigenvalue weighted by molar-refractivity contribution is 0.0992. The minimum atomic E-state index is -0.606. The lowest BCUT2D eigenvalue weighted by Gasteiger charge is -2.04. The molecule has 0 unspecified atom stereocenters. The molecule has 0 aromatic heterocycles. The summed E-state index contributed by atoms with van der Waals surface area (Å²) in [6.45, 7) is 0. The number of carbonyl (C=O) groups excluding carboxylic acids is 1. The second-order valence-electron chi connectivity index (χ2n) is 6.39. The number of H-pyrrole nitrogens is 1. The third kappa shape index (κ3) is 2.51. The van der Waals surface area contributed by atoms with Crippen LogP contribution in [0.1, 0.15) is 10.4 Å². The molecule has 0 bridgehead atoms. The first-order valence-corrected chi connectivity index (χ1v) is 8.75. The molecule has 0 atom stereocenters. The molecule has 3 aromatic carbocycles. The van der Waals surface area contributed by atoms with Gasteiger partial charge in [-0.2, -0.15) is 0 Å². The van der Waals surface area contributed by atoms with E-state index in [-0.39, 0.29) is 11.3 Å². The molecule has 2 N–H and O–H groups in total. The number of fused-ring (bicyclic) bond motifs is 4. The fraction of sp³-hybridized carbons (Fsp3) is 0. The highest BCUT2D eigenvalue weighted by molar-refractivity contribution is 6.11. The summed E-state index contributed by atoms with van der Waals surface area (Å²) in [5.41, 5.74) is 3.87. The van der Waals surface area contributed by atoms with Gasteiger partial charge in [0.05, 0.1) is 28.0 Å². The summed E-state index contributed by atoms with van der Waals surface area (Å²) in [5.74, 6) is -0.729. The first kappa shape index (κ1) is 16.1. The van der Waals surface area contributed by atoms with Crippen molar-refractivity contribution in [3.63, 3.8) is 0 Å². The van der Waals surface area contributed by atoms with Gasteiger partial charge < -0.3 is 10.1 Å². The zero-order valence-electron chi connectivity index (χ0n) is 14.6. The molecular formula is C22H14N4O2. The van der Waals surface area contributed by atoms with Crippen LogP contribution in [0.3, 0.4) is 0 Å². The van der Waals surface area contributed by atoms with Crippen LogP contribution in [-0.4, -0.2) is 21.0 Å². The van der Waals surface area contributed by atoms with Crippen LogP contribution in [0.2, 0.25) is 0 Å². The maximum absolute atomic E-state index is 12.4. The summed E-state index contributed by atoms with van der Waals surface area (Å²) in [6, 6.07) is 21.8. The predicted octanol–water partition coefficient (Wildman–Crippen LogP) is 5.45. The zero-order chi connectivity index (χ0) is 19.1. The zero-order valence-corrected chi connectivity index (χ0v) is 14.6. The molecule has 3 aromatic rings. The SMILES string of the molecule is O=C(N=Nc1c2[nH]c3ccccc3nc-2c2ccccc12)c1ccccc1O. The Kier molecular flexibility index (Phi) is 3.62. The molecule has 6 nitrogen and oxygen atoms in total. The first-order valence-electron chi connectivity index (χ1n) is 8.75. The number of nitrogens with zero attached hydrogens (tertiary/aromatic N) is 3. The first-order chi connectivity index (χ1) is 13.7. The number of aromatic amines is 1. The molecule has 1 amide bonds. The predicted molar refractivity (Wildman–Crippen MR) is 107 cm³/mol. The summed E-state index contributed by atoms with van der Waals surface area (Å²) in [6.07, 6.45) is 0. The molecule has 0 saturated carbocycles. The van der Waals surface area contributed by atoms with Crippen LogP contribution in [-0.2, 0) is 0 Å². The van der Waals surface area contributed by atoms with Crippen LogP contribution < -0.4 is 0 Å². The van der Waals surface area contributed by atoms with Crippen LogP contribution >= 0.6 is 0 Å². The molecule has 0 radical (unpaired) electrons. The van der Waals surface area contributed by atoms with E-state index in [0.29, 0.717) is 11.4 Å². The van der Waals surface area contributed by atoms with Crippen molar-refractivity contribution in [2.45, 2.75) is 0 Å².